The van der Waals surface area contributed by atoms with Crippen LogP contribution in [0.15, 0.2) is 30.4 Å². The van der Waals surface area contributed by atoms with E-state index >= 15 is 0 Å². The van der Waals surface area contributed by atoms with Crippen molar-refractivity contribution in [3.05, 3.63) is 35.9 Å². The number of benzene rings is 1. The second-order valence-electron chi connectivity index (χ2n) is 9.35. The molecule has 0 unspecified atom stereocenters. The zero-order valence-corrected chi connectivity index (χ0v) is 18.9. The van der Waals surface area contributed by atoms with Gasteiger partial charge in [-0.2, -0.15) is 0 Å². The normalized spacial score (nSPS) is 38.8. The van der Waals surface area contributed by atoms with Gasteiger partial charge in [0.1, 0.15) is 5.75 Å². The number of nitrogens with one attached hydrogen (secondary N) is 1. The third kappa shape index (κ3) is 2.34. The molecule has 3 heterocycles. The molecule has 1 aromatic carbocycles. The molecule has 0 bridgehead atoms. The van der Waals surface area contributed by atoms with E-state index in [9.17, 15) is 14.7 Å². The highest BCUT2D eigenvalue weighted by Crippen LogP contribution is 2.66. The Balaban J connectivity index is 1.82. The van der Waals surface area contributed by atoms with E-state index in [0.717, 1.165) is 30.8 Å². The summed E-state index contributed by atoms with van der Waals surface area (Å²) in [5.41, 5.74) is -1.55. The van der Waals surface area contributed by atoms with Crippen molar-refractivity contribution in [1.82, 2.24) is 4.90 Å². The number of rotatable bonds is 4. The number of carbonyl (C=O) groups is 2. The van der Waals surface area contributed by atoms with E-state index in [0.29, 0.717) is 12.2 Å². The minimum atomic E-state index is -2.09. The van der Waals surface area contributed by atoms with Crippen molar-refractivity contribution in [2.24, 2.45) is 5.41 Å². The fourth-order valence-corrected chi connectivity index (χ4v) is 7.18. The topological polar surface area (TPSA) is 97.3 Å². The molecule has 3 aliphatic heterocycles. The van der Waals surface area contributed by atoms with Crippen LogP contribution in [-0.2, 0) is 24.5 Å². The molecule has 0 aromatic heterocycles. The molecule has 0 radical (unpaired) electrons. The monoisotopic (exact) mass is 442 g/mol. The van der Waals surface area contributed by atoms with E-state index in [1.165, 1.54) is 14.0 Å². The highest BCUT2D eigenvalue weighted by Gasteiger charge is 2.79. The number of fused-ring (bicyclic) bond motifs is 1. The Morgan fingerprint density at radius 3 is 2.75 bits per heavy atom. The van der Waals surface area contributed by atoms with Gasteiger partial charge >= 0.3 is 11.9 Å². The standard InChI is InChI=1S/C24H30N2O6/c1-5-22-9-6-11-26-12-10-23(19(22)26)16-8-7-15(30-3)13-17(16)25-18(23)24(29,21(28)31-4)20(22)32-14(2)27/h6-9,13,18-20,25,29H,5,10-12H2,1-4H3/t18-,19+,20+,22+,23+,24+/m0/s1. The van der Waals surface area contributed by atoms with Crippen molar-refractivity contribution in [3.63, 3.8) is 0 Å². The van der Waals surface area contributed by atoms with Crippen molar-refractivity contribution in [1.29, 1.82) is 0 Å². The van der Waals surface area contributed by atoms with Crippen LogP contribution in [0.1, 0.15) is 32.3 Å². The summed E-state index contributed by atoms with van der Waals surface area (Å²) >= 11 is 0. The molecule has 32 heavy (non-hydrogen) atoms. The molecular formula is C24H30N2O6. The van der Waals surface area contributed by atoms with E-state index < -0.39 is 40.5 Å². The van der Waals surface area contributed by atoms with E-state index in [1.54, 1.807) is 7.11 Å². The number of nitrogens with zero attached hydrogens (tertiary/aromatic N) is 1. The molecule has 4 aliphatic rings. The molecule has 8 heteroatoms. The Labute approximate surface area is 187 Å². The highest BCUT2D eigenvalue weighted by molar-refractivity contribution is 5.86. The van der Waals surface area contributed by atoms with Gasteiger partial charge in [0, 0.05) is 42.1 Å². The van der Waals surface area contributed by atoms with Crippen molar-refractivity contribution in [2.75, 3.05) is 32.6 Å². The number of hydrogen-bond acceptors (Lipinski definition) is 8. The highest BCUT2D eigenvalue weighted by atomic mass is 16.6. The molecule has 5 rings (SSSR count). The Morgan fingerprint density at radius 2 is 2.09 bits per heavy atom. The van der Waals surface area contributed by atoms with Crippen LogP contribution in [0, 0.1) is 5.41 Å². The maximum Gasteiger partial charge on any atom is 0.344 e. The number of esters is 2. The van der Waals surface area contributed by atoms with Gasteiger partial charge in [0.05, 0.1) is 20.3 Å². The van der Waals surface area contributed by atoms with E-state index in [1.807, 2.05) is 25.1 Å². The van der Waals surface area contributed by atoms with Gasteiger partial charge in [0.15, 0.2) is 6.10 Å². The van der Waals surface area contributed by atoms with Gasteiger partial charge in [0.25, 0.3) is 0 Å². The molecule has 6 atom stereocenters. The van der Waals surface area contributed by atoms with Crippen LogP contribution < -0.4 is 10.1 Å². The van der Waals surface area contributed by atoms with Gasteiger partial charge in [-0.05, 0) is 31.0 Å². The number of aliphatic hydroxyl groups is 1. The van der Waals surface area contributed by atoms with E-state index in [4.69, 9.17) is 14.2 Å². The lowest BCUT2D eigenvalue weighted by atomic mass is 9.48. The third-order valence-electron chi connectivity index (χ3n) is 8.22. The van der Waals surface area contributed by atoms with E-state index in [2.05, 4.69) is 22.4 Å². The molecule has 1 saturated carbocycles. The van der Waals surface area contributed by atoms with Gasteiger partial charge in [-0.3, -0.25) is 9.69 Å². The van der Waals surface area contributed by atoms with Gasteiger partial charge in [-0.25, -0.2) is 4.79 Å². The van der Waals surface area contributed by atoms with Crippen molar-refractivity contribution < 1.29 is 28.9 Å². The van der Waals surface area contributed by atoms with Crippen LogP contribution in [0.25, 0.3) is 0 Å². The van der Waals surface area contributed by atoms with E-state index in [-0.39, 0.29) is 6.04 Å². The molecule has 0 amide bonds. The molecule has 1 spiro atoms. The fraction of sp³-hybridized carbons (Fsp3) is 0.583. The summed E-state index contributed by atoms with van der Waals surface area (Å²) in [6.45, 7) is 4.91. The second kappa shape index (κ2) is 6.96. The zero-order chi connectivity index (χ0) is 22.9. The van der Waals surface area contributed by atoms with Crippen LogP contribution in [-0.4, -0.2) is 73.0 Å². The fourth-order valence-electron chi connectivity index (χ4n) is 7.18. The first-order valence-electron chi connectivity index (χ1n) is 11.1. The predicted molar refractivity (Wildman–Crippen MR) is 116 cm³/mol. The minimum Gasteiger partial charge on any atom is -0.497 e. The first-order valence-corrected chi connectivity index (χ1v) is 11.1. The lowest BCUT2D eigenvalue weighted by Crippen LogP contribution is -2.80. The van der Waals surface area contributed by atoms with Gasteiger partial charge in [-0.1, -0.05) is 25.1 Å². The molecule has 8 nitrogen and oxygen atoms in total. The molecule has 172 valence electrons. The first kappa shape index (κ1) is 21.3. The van der Waals surface area contributed by atoms with Crippen LogP contribution in [0.5, 0.6) is 5.75 Å². The second-order valence-corrected chi connectivity index (χ2v) is 9.35. The first-order chi connectivity index (χ1) is 15.3. The Bertz CT molecular complexity index is 1010. The predicted octanol–water partition coefficient (Wildman–Crippen LogP) is 1.62. The molecule has 2 fully saturated rings. The summed E-state index contributed by atoms with van der Waals surface area (Å²) in [6.07, 6.45) is 4.35. The van der Waals surface area contributed by atoms with Crippen LogP contribution >= 0.6 is 0 Å². The van der Waals surface area contributed by atoms with Crippen molar-refractivity contribution in [2.45, 2.75) is 55.9 Å². The maximum atomic E-state index is 13.3. The largest absolute Gasteiger partial charge is 0.497 e. The van der Waals surface area contributed by atoms with Crippen LogP contribution in [0.3, 0.4) is 0 Å². The Hall–Kier alpha value is -2.58. The van der Waals surface area contributed by atoms with Crippen LogP contribution in [0.2, 0.25) is 0 Å². The average molecular weight is 443 g/mol. The summed E-state index contributed by atoms with van der Waals surface area (Å²) in [6, 6.07) is 5.06. The molecule has 1 aromatic rings. The lowest BCUT2D eigenvalue weighted by molar-refractivity contribution is -0.226. The van der Waals surface area contributed by atoms with Gasteiger partial charge < -0.3 is 24.6 Å². The number of methoxy groups -OCH3 is 2. The molecule has 1 aliphatic carbocycles. The minimum absolute atomic E-state index is 0.0635. The summed E-state index contributed by atoms with van der Waals surface area (Å²) < 4.78 is 16.4. The Morgan fingerprint density at radius 1 is 1.31 bits per heavy atom. The number of ether oxygens (including phenoxy) is 3. The van der Waals surface area contributed by atoms with Crippen molar-refractivity contribution in [3.8, 4) is 5.75 Å². The quantitative estimate of drug-likeness (QED) is 0.536. The molecule has 2 N–H and O–H groups in total. The van der Waals surface area contributed by atoms with Crippen molar-refractivity contribution >= 4 is 17.6 Å². The van der Waals surface area contributed by atoms with Gasteiger partial charge in [0.2, 0.25) is 5.60 Å². The van der Waals surface area contributed by atoms with Crippen LogP contribution in [0.4, 0.5) is 5.69 Å². The zero-order valence-electron chi connectivity index (χ0n) is 18.9. The SMILES string of the molecule is CC[C@]12C=CCN3CC[C@]4(c5ccc(OC)cc5N[C@@H]4[C@](O)(C(=O)OC)[C@@H]1OC(C)=O)[C@H]32. The summed E-state index contributed by atoms with van der Waals surface area (Å²) in [4.78, 5) is 28.0. The molecule has 1 saturated heterocycles. The lowest BCUT2D eigenvalue weighted by Gasteiger charge is -2.62. The smallest absolute Gasteiger partial charge is 0.344 e. The number of carbonyl (C=O) groups excluding carboxylic acids is 2. The summed E-state index contributed by atoms with van der Waals surface area (Å²) in [5.74, 6) is -0.660. The summed E-state index contributed by atoms with van der Waals surface area (Å²) in [5, 5.41) is 15.7. The maximum absolute atomic E-state index is 13.3. The van der Waals surface area contributed by atoms with Gasteiger partial charge in [-0.15, -0.1) is 0 Å². The number of anilines is 1. The average Bonchev–Trinajstić information content (AvgIpc) is 3.35. The third-order valence-corrected chi connectivity index (χ3v) is 8.22. The number of hydrogen-bond donors (Lipinski definition) is 2. The molecular weight excluding hydrogens is 412 g/mol. The Kier molecular flexibility index (Phi) is 4.63. The summed E-state index contributed by atoms with van der Waals surface area (Å²) in [7, 11) is 2.86.